The molecule has 1 fully saturated rings. The highest BCUT2D eigenvalue weighted by Gasteiger charge is 2.22. The highest BCUT2D eigenvalue weighted by molar-refractivity contribution is 5.94. The van der Waals surface area contributed by atoms with Crippen LogP contribution in [-0.4, -0.2) is 47.5 Å². The summed E-state index contributed by atoms with van der Waals surface area (Å²) in [6.07, 6.45) is 6.66. The lowest BCUT2D eigenvalue weighted by atomic mass is 10.1. The fourth-order valence-electron chi connectivity index (χ4n) is 3.29. The first-order valence-corrected chi connectivity index (χ1v) is 9.84. The lowest BCUT2D eigenvalue weighted by Gasteiger charge is -2.25. The number of hydrogen-bond donors (Lipinski definition) is 1. The summed E-state index contributed by atoms with van der Waals surface area (Å²) < 4.78 is 5.71. The van der Waals surface area contributed by atoms with Crippen LogP contribution in [0.25, 0.3) is 0 Å². The molecule has 2 heterocycles. The van der Waals surface area contributed by atoms with Crippen molar-refractivity contribution in [3.8, 4) is 0 Å². The number of benzene rings is 1. The molecular formula is C22H27N3O3. The Bertz CT molecular complexity index is 746. The minimum Gasteiger partial charge on any atom is -0.376 e. The number of pyridine rings is 1. The average molecular weight is 381 g/mol. The van der Waals surface area contributed by atoms with E-state index in [0.717, 1.165) is 25.0 Å². The number of ether oxygens (including phenoxy) is 1. The molecular weight excluding hydrogens is 354 g/mol. The summed E-state index contributed by atoms with van der Waals surface area (Å²) >= 11 is 0. The topological polar surface area (TPSA) is 71.5 Å². The average Bonchev–Trinajstić information content (AvgIpc) is 3.25. The number of nitrogens with one attached hydrogen (secondary N) is 1. The number of rotatable bonds is 9. The third kappa shape index (κ3) is 6.16. The molecule has 0 radical (unpaired) electrons. The molecule has 1 aromatic carbocycles. The van der Waals surface area contributed by atoms with E-state index in [1.54, 1.807) is 24.5 Å². The van der Waals surface area contributed by atoms with Crippen LogP contribution in [0, 0.1) is 0 Å². The van der Waals surface area contributed by atoms with Gasteiger partial charge < -0.3 is 15.0 Å². The minimum atomic E-state index is -0.111. The Hall–Kier alpha value is -2.73. The third-order valence-electron chi connectivity index (χ3n) is 4.79. The summed E-state index contributed by atoms with van der Waals surface area (Å²) in [5, 5.41) is 2.87. The fraction of sp³-hybridized carbons (Fsp3) is 0.409. The largest absolute Gasteiger partial charge is 0.376 e. The normalized spacial score (nSPS) is 15.9. The van der Waals surface area contributed by atoms with Crippen molar-refractivity contribution < 1.29 is 14.3 Å². The van der Waals surface area contributed by atoms with Gasteiger partial charge in [0.25, 0.3) is 5.91 Å². The molecule has 2 amide bonds. The van der Waals surface area contributed by atoms with Crippen LogP contribution < -0.4 is 5.32 Å². The summed E-state index contributed by atoms with van der Waals surface area (Å²) in [5.41, 5.74) is 1.64. The van der Waals surface area contributed by atoms with Gasteiger partial charge in [0, 0.05) is 50.6 Å². The SMILES string of the molecule is O=C(NCCCC(=O)N(Cc1cccnc1)CC1CCCO1)c1ccccc1. The molecule has 0 aliphatic carbocycles. The predicted octanol–water partition coefficient (Wildman–Crippen LogP) is 2.80. The van der Waals surface area contributed by atoms with Gasteiger partial charge in [-0.1, -0.05) is 24.3 Å². The highest BCUT2D eigenvalue weighted by atomic mass is 16.5. The van der Waals surface area contributed by atoms with Crippen molar-refractivity contribution in [3.63, 3.8) is 0 Å². The summed E-state index contributed by atoms with van der Waals surface area (Å²) in [5.74, 6) is -0.0343. The van der Waals surface area contributed by atoms with Crippen LogP contribution in [0.3, 0.4) is 0 Å². The van der Waals surface area contributed by atoms with Gasteiger partial charge in [0.1, 0.15) is 0 Å². The van der Waals surface area contributed by atoms with Crippen LogP contribution in [-0.2, 0) is 16.1 Å². The second-order valence-corrected chi connectivity index (χ2v) is 7.00. The van der Waals surface area contributed by atoms with Crippen molar-refractivity contribution in [3.05, 3.63) is 66.0 Å². The van der Waals surface area contributed by atoms with Crippen molar-refractivity contribution >= 4 is 11.8 Å². The number of hydrogen-bond acceptors (Lipinski definition) is 4. The molecule has 148 valence electrons. The molecule has 28 heavy (non-hydrogen) atoms. The van der Waals surface area contributed by atoms with E-state index in [1.807, 2.05) is 35.2 Å². The van der Waals surface area contributed by atoms with Gasteiger partial charge in [-0.3, -0.25) is 14.6 Å². The smallest absolute Gasteiger partial charge is 0.251 e. The Morgan fingerprint density at radius 1 is 1.18 bits per heavy atom. The summed E-state index contributed by atoms with van der Waals surface area (Å²) in [7, 11) is 0. The zero-order valence-electron chi connectivity index (χ0n) is 16.0. The molecule has 1 aromatic heterocycles. The van der Waals surface area contributed by atoms with Crippen LogP contribution in [0.5, 0.6) is 0 Å². The van der Waals surface area contributed by atoms with E-state index in [9.17, 15) is 9.59 Å². The molecule has 1 atom stereocenters. The minimum absolute atomic E-state index is 0.0771. The summed E-state index contributed by atoms with van der Waals surface area (Å²) in [6.45, 7) is 2.37. The van der Waals surface area contributed by atoms with Crippen molar-refractivity contribution in [2.24, 2.45) is 0 Å². The second kappa shape index (κ2) is 10.6. The molecule has 0 saturated carbocycles. The van der Waals surface area contributed by atoms with E-state index >= 15 is 0 Å². The van der Waals surface area contributed by atoms with E-state index in [4.69, 9.17) is 4.74 Å². The maximum Gasteiger partial charge on any atom is 0.251 e. The molecule has 1 N–H and O–H groups in total. The van der Waals surface area contributed by atoms with Gasteiger partial charge in [0.2, 0.25) is 5.91 Å². The van der Waals surface area contributed by atoms with E-state index < -0.39 is 0 Å². The molecule has 0 bridgehead atoms. The molecule has 6 heteroatoms. The van der Waals surface area contributed by atoms with Gasteiger partial charge in [0.05, 0.1) is 6.10 Å². The number of amides is 2. The first-order chi connectivity index (χ1) is 13.7. The molecule has 2 aromatic rings. The van der Waals surface area contributed by atoms with Crippen LogP contribution in [0.2, 0.25) is 0 Å². The summed E-state index contributed by atoms with van der Waals surface area (Å²) in [4.78, 5) is 30.8. The van der Waals surface area contributed by atoms with Crippen LogP contribution >= 0.6 is 0 Å². The molecule has 3 rings (SSSR count). The fourth-order valence-corrected chi connectivity index (χ4v) is 3.29. The van der Waals surface area contributed by atoms with Crippen LogP contribution in [0.1, 0.15) is 41.6 Å². The Kier molecular flexibility index (Phi) is 7.55. The second-order valence-electron chi connectivity index (χ2n) is 7.00. The first kappa shape index (κ1) is 20.0. The zero-order chi connectivity index (χ0) is 19.6. The van der Waals surface area contributed by atoms with Crippen molar-refractivity contribution in [1.29, 1.82) is 0 Å². The van der Waals surface area contributed by atoms with E-state index in [-0.39, 0.29) is 17.9 Å². The van der Waals surface area contributed by atoms with Crippen LogP contribution in [0.15, 0.2) is 54.9 Å². The van der Waals surface area contributed by atoms with Crippen molar-refractivity contribution in [1.82, 2.24) is 15.2 Å². The number of aromatic nitrogens is 1. The van der Waals surface area contributed by atoms with E-state index in [1.165, 1.54) is 0 Å². The van der Waals surface area contributed by atoms with Gasteiger partial charge in [-0.2, -0.15) is 0 Å². The Morgan fingerprint density at radius 3 is 2.75 bits per heavy atom. The standard InChI is InChI=1S/C22H27N3O3/c26-21(11-5-13-24-22(27)19-8-2-1-3-9-19)25(17-20-10-6-14-28-20)16-18-7-4-12-23-15-18/h1-4,7-9,12,15,20H,5-6,10-11,13-14,16-17H2,(H,24,27). The van der Waals surface area contributed by atoms with Crippen molar-refractivity contribution in [2.75, 3.05) is 19.7 Å². The quantitative estimate of drug-likeness (QED) is 0.678. The van der Waals surface area contributed by atoms with Gasteiger partial charge in [0.15, 0.2) is 0 Å². The molecule has 1 unspecified atom stereocenters. The van der Waals surface area contributed by atoms with E-state index in [2.05, 4.69) is 10.3 Å². The lowest BCUT2D eigenvalue weighted by molar-refractivity contribution is -0.133. The Balaban J connectivity index is 1.48. The monoisotopic (exact) mass is 381 g/mol. The lowest BCUT2D eigenvalue weighted by Crippen LogP contribution is -2.37. The number of carbonyl (C=O) groups excluding carboxylic acids is 2. The van der Waals surface area contributed by atoms with Gasteiger partial charge in [-0.25, -0.2) is 0 Å². The van der Waals surface area contributed by atoms with Gasteiger partial charge in [-0.05, 0) is 43.0 Å². The molecule has 1 aliphatic rings. The van der Waals surface area contributed by atoms with Crippen molar-refractivity contribution in [2.45, 2.75) is 38.3 Å². The molecule has 1 saturated heterocycles. The first-order valence-electron chi connectivity index (χ1n) is 9.84. The zero-order valence-corrected chi connectivity index (χ0v) is 16.0. The highest BCUT2D eigenvalue weighted by Crippen LogP contribution is 2.16. The number of nitrogens with zero attached hydrogens (tertiary/aromatic N) is 2. The molecule has 1 aliphatic heterocycles. The summed E-state index contributed by atoms with van der Waals surface area (Å²) in [6, 6.07) is 12.9. The maximum atomic E-state index is 12.8. The third-order valence-corrected chi connectivity index (χ3v) is 4.79. The number of carbonyl (C=O) groups is 2. The molecule has 6 nitrogen and oxygen atoms in total. The van der Waals surface area contributed by atoms with Gasteiger partial charge in [-0.15, -0.1) is 0 Å². The van der Waals surface area contributed by atoms with Gasteiger partial charge >= 0.3 is 0 Å². The Labute approximate surface area is 165 Å². The Morgan fingerprint density at radius 2 is 2.04 bits per heavy atom. The van der Waals surface area contributed by atoms with Crippen LogP contribution in [0.4, 0.5) is 0 Å². The maximum absolute atomic E-state index is 12.8. The molecule has 0 spiro atoms. The van der Waals surface area contributed by atoms with E-state index in [0.29, 0.717) is 38.0 Å². The predicted molar refractivity (Wildman–Crippen MR) is 107 cm³/mol.